The summed E-state index contributed by atoms with van der Waals surface area (Å²) < 4.78 is 8.28. The van der Waals surface area contributed by atoms with Crippen molar-refractivity contribution in [2.75, 3.05) is 16.8 Å². The number of nitrogens with zero attached hydrogens (tertiary/aromatic N) is 4. The average Bonchev–Trinajstić information content (AvgIpc) is 3.39. The Morgan fingerprint density at radius 1 is 1.12 bits per heavy atom. The Labute approximate surface area is 199 Å². The first-order valence-electron chi connectivity index (χ1n) is 11.8. The maximum atomic E-state index is 12.0. The van der Waals surface area contributed by atoms with Gasteiger partial charge in [-0.1, -0.05) is 19.9 Å². The van der Waals surface area contributed by atoms with Crippen molar-refractivity contribution in [2.45, 2.75) is 40.0 Å². The molecule has 2 aromatic carbocycles. The highest BCUT2D eigenvalue weighted by atomic mass is 16.5. The van der Waals surface area contributed by atoms with E-state index in [4.69, 9.17) is 9.72 Å². The molecule has 0 unspecified atom stereocenters. The molecule has 0 fully saturated rings. The molecule has 1 amide bonds. The fourth-order valence-electron chi connectivity index (χ4n) is 4.69. The third-order valence-corrected chi connectivity index (χ3v) is 6.49. The summed E-state index contributed by atoms with van der Waals surface area (Å²) in [5, 5.41) is 3.42. The lowest BCUT2D eigenvalue weighted by Gasteiger charge is -2.16. The van der Waals surface area contributed by atoms with Crippen LogP contribution >= 0.6 is 0 Å². The minimum Gasteiger partial charge on any atom is -0.457 e. The van der Waals surface area contributed by atoms with Crippen LogP contribution in [0.2, 0.25) is 0 Å². The number of anilines is 3. The van der Waals surface area contributed by atoms with Gasteiger partial charge in [-0.3, -0.25) is 9.78 Å². The van der Waals surface area contributed by atoms with E-state index >= 15 is 0 Å². The minimum atomic E-state index is 0.0673. The highest BCUT2D eigenvalue weighted by Gasteiger charge is 2.22. The summed E-state index contributed by atoms with van der Waals surface area (Å²) in [6, 6.07) is 14.0. The molecule has 4 aromatic rings. The second-order valence-electron chi connectivity index (χ2n) is 8.58. The summed E-state index contributed by atoms with van der Waals surface area (Å²) in [6.45, 7) is 6.58. The van der Waals surface area contributed by atoms with Crippen LogP contribution in [-0.4, -0.2) is 27.0 Å². The van der Waals surface area contributed by atoms with Gasteiger partial charge in [-0.2, -0.15) is 0 Å². The fraction of sp³-hybridized carbons (Fsp3) is 0.296. The molecule has 7 heteroatoms. The van der Waals surface area contributed by atoms with Crippen molar-refractivity contribution >= 4 is 34.3 Å². The number of aromatic nitrogens is 3. The molecule has 3 heterocycles. The molecule has 0 bridgehead atoms. The summed E-state index contributed by atoms with van der Waals surface area (Å²) in [4.78, 5) is 23.1. The largest absolute Gasteiger partial charge is 0.457 e. The number of amides is 1. The van der Waals surface area contributed by atoms with E-state index in [0.29, 0.717) is 0 Å². The lowest BCUT2D eigenvalue weighted by atomic mass is 10.1. The first kappa shape index (κ1) is 21.9. The number of hydrogen-bond donors (Lipinski definition) is 1. The van der Waals surface area contributed by atoms with E-state index < -0.39 is 0 Å². The molecule has 1 aliphatic heterocycles. The van der Waals surface area contributed by atoms with Crippen LogP contribution in [0.15, 0.2) is 48.7 Å². The maximum Gasteiger partial charge on any atom is 0.223 e. The first-order valence-corrected chi connectivity index (χ1v) is 11.8. The Balaban J connectivity index is 1.43. The van der Waals surface area contributed by atoms with Crippen LogP contribution in [0, 0.1) is 0 Å². The smallest absolute Gasteiger partial charge is 0.223 e. The molecule has 1 N–H and O–H groups in total. The number of pyridine rings is 1. The monoisotopic (exact) mass is 455 g/mol. The third-order valence-electron chi connectivity index (χ3n) is 6.49. The van der Waals surface area contributed by atoms with Crippen LogP contribution in [0.25, 0.3) is 11.0 Å². The topological polar surface area (TPSA) is 72.3 Å². The maximum absolute atomic E-state index is 12.0. The molecule has 34 heavy (non-hydrogen) atoms. The molecule has 0 spiro atoms. The van der Waals surface area contributed by atoms with Crippen molar-refractivity contribution in [3.8, 4) is 11.5 Å². The van der Waals surface area contributed by atoms with Gasteiger partial charge in [0.1, 0.15) is 11.5 Å². The molecule has 0 saturated heterocycles. The molecule has 2 aromatic heterocycles. The number of fused-ring (bicyclic) bond motifs is 2. The van der Waals surface area contributed by atoms with Crippen LogP contribution in [-0.2, 0) is 31.1 Å². The summed E-state index contributed by atoms with van der Waals surface area (Å²) in [7, 11) is 1.99. The Hall–Kier alpha value is -3.87. The van der Waals surface area contributed by atoms with E-state index in [1.807, 2.05) is 52.9 Å². The number of nitrogens with one attached hydrogen (secondary N) is 1. The fourth-order valence-corrected chi connectivity index (χ4v) is 4.69. The van der Waals surface area contributed by atoms with E-state index in [-0.39, 0.29) is 5.91 Å². The van der Waals surface area contributed by atoms with Gasteiger partial charge in [0.2, 0.25) is 11.9 Å². The number of carbonyl (C=O) groups is 1. The van der Waals surface area contributed by atoms with Crippen LogP contribution < -0.4 is 15.0 Å². The molecular formula is C27H29N5O2. The second kappa shape index (κ2) is 8.82. The molecule has 174 valence electrons. The van der Waals surface area contributed by atoms with Crippen molar-refractivity contribution in [2.24, 2.45) is 7.05 Å². The summed E-state index contributed by atoms with van der Waals surface area (Å²) in [6.07, 6.45) is 4.44. The Morgan fingerprint density at radius 2 is 1.97 bits per heavy atom. The number of carbonyl (C=O) groups excluding carboxylic acids is 1. The van der Waals surface area contributed by atoms with Gasteiger partial charge >= 0.3 is 0 Å². The van der Waals surface area contributed by atoms with Gasteiger partial charge in [0.05, 0.1) is 11.0 Å². The zero-order valence-corrected chi connectivity index (χ0v) is 20.1. The summed E-state index contributed by atoms with van der Waals surface area (Å²) in [5.41, 5.74) is 7.13. The normalized spacial score (nSPS) is 12.8. The first-order chi connectivity index (χ1) is 16.5. The van der Waals surface area contributed by atoms with Crippen molar-refractivity contribution in [3.05, 3.63) is 65.5 Å². The van der Waals surface area contributed by atoms with Crippen LogP contribution in [0.5, 0.6) is 11.5 Å². The molecule has 7 nitrogen and oxygen atoms in total. The standard InChI is InChI=1S/C27H29N5O2/c1-5-21-22(6-2)28-13-11-26(21)34-20-9-10-24-23(16-20)30-27(31(24)4)29-19-8-7-18-12-14-32(17(3)33)25(18)15-19/h7-11,13,15-16H,5-6,12,14H2,1-4H3,(H,29,30). The van der Waals surface area contributed by atoms with Gasteiger partial charge in [0, 0.05) is 55.4 Å². The Kier molecular flexibility index (Phi) is 5.69. The van der Waals surface area contributed by atoms with Crippen LogP contribution in [0.1, 0.15) is 37.6 Å². The summed E-state index contributed by atoms with van der Waals surface area (Å²) in [5.74, 6) is 2.38. The number of imidazole rings is 1. The molecule has 0 saturated carbocycles. The van der Waals surface area contributed by atoms with Crippen LogP contribution in [0.4, 0.5) is 17.3 Å². The van der Waals surface area contributed by atoms with Crippen molar-refractivity contribution < 1.29 is 9.53 Å². The predicted molar refractivity (Wildman–Crippen MR) is 135 cm³/mol. The zero-order chi connectivity index (χ0) is 23.8. The van der Waals surface area contributed by atoms with E-state index in [9.17, 15) is 4.79 Å². The number of aryl methyl sites for hydroxylation is 2. The van der Waals surface area contributed by atoms with Gasteiger partial charge in [0.25, 0.3) is 0 Å². The molecule has 5 rings (SSSR count). The van der Waals surface area contributed by atoms with Crippen LogP contribution in [0.3, 0.4) is 0 Å². The van der Waals surface area contributed by atoms with Gasteiger partial charge in [-0.15, -0.1) is 0 Å². The van der Waals surface area contributed by atoms with Crippen molar-refractivity contribution in [1.82, 2.24) is 14.5 Å². The van der Waals surface area contributed by atoms with Gasteiger partial charge in [-0.25, -0.2) is 4.98 Å². The molecule has 0 radical (unpaired) electrons. The number of rotatable bonds is 6. The number of hydrogen-bond acceptors (Lipinski definition) is 5. The minimum absolute atomic E-state index is 0.0673. The zero-order valence-electron chi connectivity index (χ0n) is 20.1. The molecule has 0 aliphatic carbocycles. The molecule has 1 aliphatic rings. The lowest BCUT2D eigenvalue weighted by molar-refractivity contribution is -0.116. The highest BCUT2D eigenvalue weighted by Crippen LogP contribution is 2.33. The lowest BCUT2D eigenvalue weighted by Crippen LogP contribution is -2.25. The van der Waals surface area contributed by atoms with Gasteiger partial charge in [0.15, 0.2) is 0 Å². The number of ether oxygens (including phenoxy) is 1. The SMILES string of the molecule is CCc1nccc(Oc2ccc3c(c2)nc(Nc2ccc4c(c2)N(C(C)=O)CC4)n3C)c1CC. The average molecular weight is 456 g/mol. The van der Waals surface area contributed by atoms with Crippen molar-refractivity contribution in [3.63, 3.8) is 0 Å². The van der Waals surface area contributed by atoms with E-state index in [1.54, 1.807) is 13.1 Å². The van der Waals surface area contributed by atoms with Gasteiger partial charge < -0.3 is 19.5 Å². The molecular weight excluding hydrogens is 426 g/mol. The predicted octanol–water partition coefficient (Wildman–Crippen LogP) is 5.54. The quantitative estimate of drug-likeness (QED) is 0.413. The summed E-state index contributed by atoms with van der Waals surface area (Å²) >= 11 is 0. The van der Waals surface area contributed by atoms with Crippen molar-refractivity contribution in [1.29, 1.82) is 0 Å². The number of benzene rings is 2. The second-order valence-corrected chi connectivity index (χ2v) is 8.58. The van der Waals surface area contributed by atoms with E-state index in [2.05, 4.69) is 30.2 Å². The third kappa shape index (κ3) is 3.87. The Morgan fingerprint density at radius 3 is 2.74 bits per heavy atom. The van der Waals surface area contributed by atoms with Gasteiger partial charge in [-0.05, 0) is 55.2 Å². The Bertz CT molecular complexity index is 1390. The van der Waals surface area contributed by atoms with E-state index in [1.165, 1.54) is 5.56 Å². The highest BCUT2D eigenvalue weighted by molar-refractivity contribution is 5.94. The molecule has 0 atom stereocenters. The van der Waals surface area contributed by atoms with E-state index in [0.717, 1.165) is 76.9 Å².